The summed E-state index contributed by atoms with van der Waals surface area (Å²) in [6.07, 6.45) is 0. The Morgan fingerprint density at radius 2 is 1.70 bits per heavy atom. The molecule has 0 bridgehead atoms. The van der Waals surface area contributed by atoms with Crippen molar-refractivity contribution in [3.63, 3.8) is 0 Å². The van der Waals surface area contributed by atoms with Crippen molar-refractivity contribution < 1.29 is 22.4 Å². The van der Waals surface area contributed by atoms with Crippen LogP contribution in [0.15, 0.2) is 24.3 Å². The van der Waals surface area contributed by atoms with Gasteiger partial charge < -0.3 is 4.90 Å². The smallest absolute Gasteiger partial charge is 0.399 e. The van der Waals surface area contributed by atoms with Gasteiger partial charge in [-0.05, 0) is 0 Å². The molecule has 0 fully saturated rings. The van der Waals surface area contributed by atoms with Gasteiger partial charge in [0.05, 0.1) is 0 Å². The van der Waals surface area contributed by atoms with Crippen molar-refractivity contribution in [2.24, 2.45) is 0 Å². The van der Waals surface area contributed by atoms with Crippen LogP contribution in [0.25, 0.3) is 0 Å². The fourth-order valence-corrected chi connectivity index (χ4v) is 0.676. The van der Waals surface area contributed by atoms with E-state index in [1.54, 1.807) is 0 Å². The topological polar surface area (TPSA) is 3.24 Å². The van der Waals surface area contributed by atoms with Gasteiger partial charge >= 0.3 is 22.4 Å². The third-order valence-electron chi connectivity index (χ3n) is 1.22. The molecule has 0 saturated heterocycles. The minimum atomic E-state index is 0. The minimum Gasteiger partial charge on any atom is -0.399 e. The Kier molecular flexibility index (Phi) is 4.45. The zero-order chi connectivity index (χ0) is 6.69. The SMILES string of the molecule is CN(C)c1cc[c-]cc1.[Au+]. The van der Waals surface area contributed by atoms with Crippen LogP contribution >= 0.6 is 0 Å². The molecule has 0 spiro atoms. The molecule has 58 valence electrons. The Labute approximate surface area is 77.6 Å². The average Bonchev–Trinajstić information content (AvgIpc) is 1.90. The maximum atomic E-state index is 2.96. The molecule has 1 aromatic rings. The fraction of sp³-hybridized carbons (Fsp3) is 0.250. The number of hydrogen-bond donors (Lipinski definition) is 0. The summed E-state index contributed by atoms with van der Waals surface area (Å²) in [6, 6.07) is 10.8. The Morgan fingerprint density at radius 3 is 2.00 bits per heavy atom. The molecule has 0 atom stereocenters. The molecule has 0 heterocycles. The van der Waals surface area contributed by atoms with Crippen LogP contribution in [0.1, 0.15) is 0 Å². The maximum absolute atomic E-state index is 2.96. The Bertz CT molecular complexity index is 172. The number of rotatable bonds is 1. The second kappa shape index (κ2) is 4.56. The van der Waals surface area contributed by atoms with E-state index < -0.39 is 0 Å². The van der Waals surface area contributed by atoms with Crippen molar-refractivity contribution in [2.75, 3.05) is 19.0 Å². The summed E-state index contributed by atoms with van der Waals surface area (Å²) in [6.45, 7) is 0. The van der Waals surface area contributed by atoms with Crippen LogP contribution < -0.4 is 4.90 Å². The largest absolute Gasteiger partial charge is 1.00 e. The Hall–Kier alpha value is -0.240. The number of anilines is 1. The van der Waals surface area contributed by atoms with Crippen molar-refractivity contribution in [3.8, 4) is 0 Å². The summed E-state index contributed by atoms with van der Waals surface area (Å²) in [4.78, 5) is 2.06. The second-order valence-corrected chi connectivity index (χ2v) is 2.15. The molecule has 0 amide bonds. The summed E-state index contributed by atoms with van der Waals surface area (Å²) in [5.74, 6) is 0. The van der Waals surface area contributed by atoms with Crippen molar-refractivity contribution in [1.29, 1.82) is 0 Å². The normalized spacial score (nSPS) is 8.20. The van der Waals surface area contributed by atoms with Gasteiger partial charge in [-0.25, -0.2) is 0 Å². The van der Waals surface area contributed by atoms with Crippen molar-refractivity contribution in [2.45, 2.75) is 0 Å². The monoisotopic (exact) mass is 317 g/mol. The van der Waals surface area contributed by atoms with Gasteiger partial charge in [-0.3, -0.25) is 0 Å². The van der Waals surface area contributed by atoms with E-state index >= 15 is 0 Å². The van der Waals surface area contributed by atoms with Gasteiger partial charge in [0, 0.05) is 14.1 Å². The molecule has 0 N–H and O–H groups in total. The predicted octanol–water partition coefficient (Wildman–Crippen LogP) is 1.55. The van der Waals surface area contributed by atoms with E-state index in [0.717, 1.165) is 0 Å². The zero-order valence-corrected chi connectivity index (χ0v) is 8.22. The number of nitrogens with zero attached hydrogens (tertiary/aromatic N) is 1. The average molecular weight is 317 g/mol. The van der Waals surface area contributed by atoms with Crippen LogP contribution in [0.5, 0.6) is 0 Å². The minimum absolute atomic E-state index is 0. The first-order chi connectivity index (χ1) is 4.30. The van der Waals surface area contributed by atoms with E-state index in [4.69, 9.17) is 0 Å². The first kappa shape index (κ1) is 9.76. The summed E-state index contributed by atoms with van der Waals surface area (Å²) < 4.78 is 0. The van der Waals surface area contributed by atoms with E-state index in [1.807, 2.05) is 38.4 Å². The molecule has 1 aromatic carbocycles. The van der Waals surface area contributed by atoms with Gasteiger partial charge in [-0.15, -0.1) is 12.1 Å². The van der Waals surface area contributed by atoms with Crippen LogP contribution in [0.3, 0.4) is 0 Å². The number of benzene rings is 1. The van der Waals surface area contributed by atoms with Gasteiger partial charge in [-0.1, -0.05) is 5.69 Å². The summed E-state index contributed by atoms with van der Waals surface area (Å²) in [7, 11) is 4.05. The summed E-state index contributed by atoms with van der Waals surface area (Å²) in [5.41, 5.74) is 1.22. The molecular formula is C8H10AuN. The molecule has 2 heteroatoms. The Balaban J connectivity index is 0.000000810. The molecular weight excluding hydrogens is 307 g/mol. The van der Waals surface area contributed by atoms with E-state index in [1.165, 1.54) is 5.69 Å². The maximum Gasteiger partial charge on any atom is 1.00 e. The molecule has 0 aromatic heterocycles. The molecule has 0 aliphatic heterocycles. The van der Waals surface area contributed by atoms with Crippen LogP contribution in [0.2, 0.25) is 0 Å². The predicted molar refractivity (Wildman–Crippen MR) is 39.6 cm³/mol. The van der Waals surface area contributed by atoms with Gasteiger partial charge in [0.2, 0.25) is 0 Å². The first-order valence-electron chi connectivity index (χ1n) is 2.94. The quantitative estimate of drug-likeness (QED) is 0.561. The van der Waals surface area contributed by atoms with Crippen molar-refractivity contribution in [3.05, 3.63) is 30.3 Å². The zero-order valence-electron chi connectivity index (χ0n) is 6.06. The summed E-state index contributed by atoms with van der Waals surface area (Å²) in [5, 5.41) is 0. The van der Waals surface area contributed by atoms with Crippen LogP contribution in [0.4, 0.5) is 5.69 Å². The van der Waals surface area contributed by atoms with E-state index in [-0.39, 0.29) is 22.4 Å². The van der Waals surface area contributed by atoms with E-state index in [2.05, 4.69) is 11.0 Å². The van der Waals surface area contributed by atoms with Crippen LogP contribution in [0, 0.1) is 6.07 Å². The van der Waals surface area contributed by atoms with Crippen LogP contribution in [-0.4, -0.2) is 14.1 Å². The summed E-state index contributed by atoms with van der Waals surface area (Å²) >= 11 is 0. The van der Waals surface area contributed by atoms with Gasteiger partial charge in [0.25, 0.3) is 0 Å². The van der Waals surface area contributed by atoms with Gasteiger partial charge in [-0.2, -0.15) is 18.2 Å². The van der Waals surface area contributed by atoms with Gasteiger partial charge in [0.1, 0.15) is 0 Å². The molecule has 0 saturated carbocycles. The Morgan fingerprint density at radius 1 is 1.20 bits per heavy atom. The third kappa shape index (κ3) is 2.56. The standard InChI is InChI=1S/C8H10N.Au/c1-9(2)8-6-4-3-5-7-8;/h4-7H,1-2H3;/q-1;+1. The second-order valence-electron chi connectivity index (χ2n) is 2.15. The molecule has 0 unspecified atom stereocenters. The van der Waals surface area contributed by atoms with E-state index in [0.29, 0.717) is 0 Å². The molecule has 1 rings (SSSR count). The van der Waals surface area contributed by atoms with Crippen LogP contribution in [-0.2, 0) is 22.4 Å². The molecule has 0 aliphatic carbocycles. The van der Waals surface area contributed by atoms with Gasteiger partial charge in [0.15, 0.2) is 0 Å². The molecule has 1 nitrogen and oxygen atoms in total. The molecule has 10 heavy (non-hydrogen) atoms. The van der Waals surface area contributed by atoms with Crippen molar-refractivity contribution >= 4 is 5.69 Å². The third-order valence-corrected chi connectivity index (χ3v) is 1.22. The fourth-order valence-electron chi connectivity index (χ4n) is 0.676. The van der Waals surface area contributed by atoms with E-state index in [9.17, 15) is 0 Å². The molecule has 0 aliphatic rings. The van der Waals surface area contributed by atoms with Crippen molar-refractivity contribution in [1.82, 2.24) is 0 Å². The number of hydrogen-bond acceptors (Lipinski definition) is 1. The molecule has 0 radical (unpaired) electrons. The first-order valence-corrected chi connectivity index (χ1v) is 2.94.